The van der Waals surface area contributed by atoms with Gasteiger partial charge >= 0.3 is 0 Å². The van der Waals surface area contributed by atoms with E-state index in [0.717, 1.165) is 0 Å². The van der Waals surface area contributed by atoms with E-state index >= 15 is 0 Å². The molecule has 3 rings (SSSR count). The van der Waals surface area contributed by atoms with E-state index in [0.29, 0.717) is 33.0 Å². The van der Waals surface area contributed by atoms with Gasteiger partial charge in [-0.1, -0.05) is 0 Å². The normalized spacial score (nSPS) is 11.0. The Hall–Kier alpha value is -1.95. The van der Waals surface area contributed by atoms with Crippen molar-refractivity contribution in [3.05, 3.63) is 34.6 Å². The van der Waals surface area contributed by atoms with Crippen LogP contribution in [0.25, 0.3) is 22.7 Å². The van der Waals surface area contributed by atoms with E-state index in [1.165, 1.54) is 6.92 Å². The highest BCUT2D eigenvalue weighted by molar-refractivity contribution is 9.10. The molecule has 0 amide bonds. The lowest BCUT2D eigenvalue weighted by atomic mass is 10.2. The molecule has 1 N–H and O–H groups in total. The predicted octanol–water partition coefficient (Wildman–Crippen LogP) is 3.18. The second-order valence-corrected chi connectivity index (χ2v) is 4.58. The average Bonchev–Trinajstić information content (AvgIpc) is 2.93. The van der Waals surface area contributed by atoms with Crippen LogP contribution >= 0.6 is 15.9 Å². The smallest absolute Gasteiger partial charge is 0.178 e. The Balaban J connectivity index is 2.22. The molecule has 0 aliphatic rings. The third-order valence-corrected chi connectivity index (χ3v) is 3.00. The van der Waals surface area contributed by atoms with Gasteiger partial charge in [-0.2, -0.15) is 0 Å². The van der Waals surface area contributed by atoms with Crippen LogP contribution in [0.2, 0.25) is 0 Å². The first-order valence-corrected chi connectivity index (χ1v) is 6.06. The molecule has 0 fully saturated rings. The molecule has 0 atom stereocenters. The van der Waals surface area contributed by atoms with Crippen LogP contribution < -0.4 is 0 Å². The molecule has 0 spiro atoms. The minimum absolute atomic E-state index is 0.0294. The van der Waals surface area contributed by atoms with Crippen molar-refractivity contribution in [3.63, 3.8) is 0 Å². The number of pyridine rings is 1. The van der Waals surface area contributed by atoms with Gasteiger partial charge in [0.2, 0.25) is 0 Å². The number of nitrogens with one attached hydrogen (secondary N) is 1. The van der Waals surface area contributed by atoms with Crippen molar-refractivity contribution < 1.29 is 9.21 Å². The Morgan fingerprint density at radius 2 is 2.22 bits per heavy atom. The van der Waals surface area contributed by atoms with Crippen LogP contribution in [0.5, 0.6) is 0 Å². The largest absolute Gasteiger partial charge is 0.446 e. The number of halogens is 1. The number of fused-ring (bicyclic) bond motifs is 1. The van der Waals surface area contributed by atoms with E-state index in [-0.39, 0.29) is 5.78 Å². The third kappa shape index (κ3) is 1.74. The Kier molecular flexibility index (Phi) is 2.52. The molecule has 3 aromatic rings. The predicted molar refractivity (Wildman–Crippen MR) is 69.3 cm³/mol. The number of hydrogen-bond acceptors (Lipinski definition) is 4. The van der Waals surface area contributed by atoms with Crippen molar-refractivity contribution in [2.24, 2.45) is 0 Å². The fourth-order valence-electron chi connectivity index (χ4n) is 1.76. The molecule has 0 saturated heterocycles. The molecule has 0 unspecified atom stereocenters. The maximum Gasteiger partial charge on any atom is 0.178 e. The van der Waals surface area contributed by atoms with E-state index in [1.54, 1.807) is 24.4 Å². The van der Waals surface area contributed by atoms with Crippen LogP contribution in [0.1, 0.15) is 17.3 Å². The summed E-state index contributed by atoms with van der Waals surface area (Å²) in [6.45, 7) is 1.51. The second kappa shape index (κ2) is 4.06. The molecular weight excluding hydrogens is 298 g/mol. The molecule has 3 heterocycles. The summed E-state index contributed by atoms with van der Waals surface area (Å²) in [7, 11) is 0. The number of H-pyrrole nitrogens is 1. The molecule has 18 heavy (non-hydrogen) atoms. The van der Waals surface area contributed by atoms with Crippen LogP contribution in [0.15, 0.2) is 33.5 Å². The van der Waals surface area contributed by atoms with Crippen LogP contribution in [0.4, 0.5) is 0 Å². The fraction of sp³-hybridized carbons (Fsp3) is 0.0833. The minimum Gasteiger partial charge on any atom is -0.446 e. The van der Waals surface area contributed by atoms with Gasteiger partial charge in [0.05, 0.1) is 5.52 Å². The highest BCUT2D eigenvalue weighted by Gasteiger charge is 2.14. The van der Waals surface area contributed by atoms with Crippen molar-refractivity contribution >= 4 is 32.9 Å². The molecular formula is C12H8BrN3O2. The zero-order chi connectivity index (χ0) is 12.7. The minimum atomic E-state index is -0.0294. The molecule has 3 aromatic heterocycles. The first kappa shape index (κ1) is 11.2. The molecule has 5 nitrogen and oxygen atoms in total. The lowest BCUT2D eigenvalue weighted by Crippen LogP contribution is -1.94. The first-order chi connectivity index (χ1) is 8.65. The van der Waals surface area contributed by atoms with Crippen LogP contribution in [-0.2, 0) is 0 Å². The van der Waals surface area contributed by atoms with Gasteiger partial charge in [0.15, 0.2) is 27.7 Å². The Morgan fingerprint density at radius 3 is 2.89 bits per heavy atom. The van der Waals surface area contributed by atoms with Crippen molar-refractivity contribution in [2.45, 2.75) is 6.92 Å². The van der Waals surface area contributed by atoms with Gasteiger partial charge in [-0.05, 0) is 41.1 Å². The fourth-order valence-corrected chi connectivity index (χ4v) is 2.07. The van der Waals surface area contributed by atoms with Crippen LogP contribution in [0.3, 0.4) is 0 Å². The van der Waals surface area contributed by atoms with Crippen molar-refractivity contribution in [2.75, 3.05) is 0 Å². The van der Waals surface area contributed by atoms with Crippen molar-refractivity contribution in [1.82, 2.24) is 15.0 Å². The summed E-state index contributed by atoms with van der Waals surface area (Å²) >= 11 is 3.23. The zero-order valence-electron chi connectivity index (χ0n) is 9.40. The topological polar surface area (TPSA) is 71.8 Å². The summed E-state index contributed by atoms with van der Waals surface area (Å²) in [5, 5.41) is 0. The van der Waals surface area contributed by atoms with Gasteiger partial charge in [0.25, 0.3) is 0 Å². The Morgan fingerprint density at radius 1 is 1.39 bits per heavy atom. The number of hydrogen-bond donors (Lipinski definition) is 1. The van der Waals surface area contributed by atoms with E-state index in [4.69, 9.17) is 4.42 Å². The summed E-state index contributed by atoms with van der Waals surface area (Å²) < 4.78 is 6.03. The Labute approximate surface area is 110 Å². The van der Waals surface area contributed by atoms with Crippen molar-refractivity contribution in [1.29, 1.82) is 0 Å². The average molecular weight is 306 g/mol. The molecule has 0 saturated carbocycles. The number of aromatic nitrogens is 3. The number of Topliss-reactive ketones (excluding diaryl/α,β-unsaturated/α-hetero) is 1. The number of carbonyl (C=O) groups is 1. The van der Waals surface area contributed by atoms with E-state index in [2.05, 4.69) is 30.9 Å². The summed E-state index contributed by atoms with van der Waals surface area (Å²) in [4.78, 5) is 23.0. The maximum absolute atomic E-state index is 11.5. The lowest BCUT2D eigenvalue weighted by Gasteiger charge is -1.94. The van der Waals surface area contributed by atoms with E-state index < -0.39 is 0 Å². The summed E-state index contributed by atoms with van der Waals surface area (Å²) in [6, 6.07) is 5.24. The first-order valence-electron chi connectivity index (χ1n) is 5.26. The molecule has 0 bridgehead atoms. The van der Waals surface area contributed by atoms with Crippen LogP contribution in [-0.4, -0.2) is 20.7 Å². The monoisotopic (exact) mass is 305 g/mol. The summed E-state index contributed by atoms with van der Waals surface area (Å²) in [5.41, 5.74) is 1.71. The zero-order valence-corrected chi connectivity index (χ0v) is 11.0. The lowest BCUT2D eigenvalue weighted by molar-refractivity contribution is 0.101. The number of nitrogens with zero attached hydrogens (tertiary/aromatic N) is 2. The van der Waals surface area contributed by atoms with Gasteiger partial charge in [-0.3, -0.25) is 4.79 Å². The van der Waals surface area contributed by atoms with Gasteiger partial charge in [0.1, 0.15) is 0 Å². The third-order valence-electron chi connectivity index (χ3n) is 2.58. The molecule has 0 radical (unpaired) electrons. The SMILES string of the molecule is CC(=O)c1ccnc2nc(-c3ccc(Br)o3)[nH]c12. The number of carbonyl (C=O) groups excluding carboxylic acids is 1. The molecule has 90 valence electrons. The number of furan rings is 1. The maximum atomic E-state index is 11.5. The molecule has 0 aromatic carbocycles. The number of aromatic amines is 1. The molecule has 6 heteroatoms. The summed E-state index contributed by atoms with van der Waals surface area (Å²) in [6.07, 6.45) is 1.57. The quantitative estimate of drug-likeness (QED) is 0.738. The highest BCUT2D eigenvalue weighted by Crippen LogP contribution is 2.25. The Bertz CT molecular complexity index is 745. The number of imidazole rings is 1. The van der Waals surface area contributed by atoms with Gasteiger partial charge < -0.3 is 9.40 Å². The van der Waals surface area contributed by atoms with E-state index in [9.17, 15) is 4.79 Å². The second-order valence-electron chi connectivity index (χ2n) is 3.80. The summed E-state index contributed by atoms with van der Waals surface area (Å²) in [5.74, 6) is 1.12. The molecule has 0 aliphatic heterocycles. The van der Waals surface area contributed by atoms with Gasteiger partial charge in [0, 0.05) is 11.8 Å². The number of rotatable bonds is 2. The van der Waals surface area contributed by atoms with Gasteiger partial charge in [-0.15, -0.1) is 0 Å². The number of ketones is 1. The molecule has 0 aliphatic carbocycles. The van der Waals surface area contributed by atoms with Gasteiger partial charge in [-0.25, -0.2) is 9.97 Å². The van der Waals surface area contributed by atoms with Crippen molar-refractivity contribution in [3.8, 4) is 11.6 Å². The highest BCUT2D eigenvalue weighted by atomic mass is 79.9. The van der Waals surface area contributed by atoms with Crippen LogP contribution in [0, 0.1) is 0 Å². The van der Waals surface area contributed by atoms with E-state index in [1.807, 2.05) is 0 Å². The standard InChI is InChI=1S/C12H8BrN3O2/c1-6(17)7-4-5-14-12-10(7)15-11(16-12)8-2-3-9(13)18-8/h2-5H,1H3,(H,14,15,16).